The van der Waals surface area contributed by atoms with Gasteiger partial charge in [0.25, 0.3) is 11.6 Å². The molecule has 0 bridgehead atoms. The molecule has 0 aliphatic rings. The molecule has 104 valence electrons. The summed E-state index contributed by atoms with van der Waals surface area (Å²) in [6, 6.07) is 4.94. The van der Waals surface area contributed by atoms with Gasteiger partial charge in [-0.25, -0.2) is 0 Å². The van der Waals surface area contributed by atoms with Gasteiger partial charge >= 0.3 is 0 Å². The molecule has 1 amide bonds. The van der Waals surface area contributed by atoms with Crippen LogP contribution < -0.4 is 5.32 Å². The minimum absolute atomic E-state index is 0.0116. The lowest BCUT2D eigenvalue weighted by Crippen LogP contribution is -2.13. The summed E-state index contributed by atoms with van der Waals surface area (Å²) < 4.78 is 0. The average Bonchev–Trinajstić information content (AvgIpc) is 2.72. The third-order valence-electron chi connectivity index (χ3n) is 2.43. The summed E-state index contributed by atoms with van der Waals surface area (Å²) in [6.45, 7) is 0. The van der Waals surface area contributed by atoms with E-state index in [4.69, 9.17) is 23.2 Å². The average molecular weight is 316 g/mol. The fourth-order valence-corrected chi connectivity index (χ4v) is 1.83. The van der Waals surface area contributed by atoms with Crippen LogP contribution in [0.2, 0.25) is 10.2 Å². The van der Waals surface area contributed by atoms with Crippen molar-refractivity contribution < 1.29 is 14.8 Å². The van der Waals surface area contributed by atoms with Gasteiger partial charge in [0.2, 0.25) is 0 Å². The topological polar surface area (TPSA) is 108 Å². The van der Waals surface area contributed by atoms with Gasteiger partial charge in [-0.1, -0.05) is 29.3 Å². The van der Waals surface area contributed by atoms with Gasteiger partial charge in [-0.3, -0.25) is 14.9 Å². The summed E-state index contributed by atoms with van der Waals surface area (Å²) in [5.74, 6) is -1.14. The SMILES string of the molecule is O=C(Nc1c(O)cccc1[N+](=O)[O-])c1cc(Cl)c(Cl)[nH]1. The van der Waals surface area contributed by atoms with E-state index in [1.54, 1.807) is 0 Å². The number of carbonyl (C=O) groups is 1. The van der Waals surface area contributed by atoms with Gasteiger partial charge in [0.05, 0.1) is 9.95 Å². The van der Waals surface area contributed by atoms with Crippen molar-refractivity contribution in [3.05, 3.63) is 50.2 Å². The Hall–Kier alpha value is -2.25. The summed E-state index contributed by atoms with van der Waals surface area (Å²) in [5, 5.41) is 22.9. The quantitative estimate of drug-likeness (QED) is 0.459. The van der Waals surface area contributed by atoms with Crippen molar-refractivity contribution in [1.82, 2.24) is 4.98 Å². The van der Waals surface area contributed by atoms with E-state index in [-0.39, 0.29) is 21.6 Å². The number of halogens is 2. The van der Waals surface area contributed by atoms with E-state index in [9.17, 15) is 20.0 Å². The minimum atomic E-state index is -0.719. The molecular weight excluding hydrogens is 309 g/mol. The number of nitro benzene ring substituents is 1. The van der Waals surface area contributed by atoms with E-state index < -0.39 is 22.3 Å². The number of phenols is 1. The molecular formula is C11H7Cl2N3O4. The van der Waals surface area contributed by atoms with Crippen LogP contribution in [0.4, 0.5) is 11.4 Å². The number of nitro groups is 1. The van der Waals surface area contributed by atoms with Crippen molar-refractivity contribution in [2.24, 2.45) is 0 Å². The summed E-state index contributed by atoms with van der Waals surface area (Å²) in [6.07, 6.45) is 0. The largest absolute Gasteiger partial charge is 0.505 e. The van der Waals surface area contributed by atoms with E-state index in [1.165, 1.54) is 18.2 Å². The highest BCUT2D eigenvalue weighted by Crippen LogP contribution is 2.33. The predicted octanol–water partition coefficient (Wildman–Crippen LogP) is 3.19. The van der Waals surface area contributed by atoms with Gasteiger partial charge in [0.15, 0.2) is 5.69 Å². The molecule has 0 aliphatic heterocycles. The van der Waals surface area contributed by atoms with Crippen LogP contribution in [0.1, 0.15) is 10.5 Å². The van der Waals surface area contributed by atoms with Gasteiger partial charge < -0.3 is 15.4 Å². The fraction of sp³-hybridized carbons (Fsp3) is 0. The second-order valence-corrected chi connectivity index (χ2v) is 4.51. The van der Waals surface area contributed by atoms with Crippen molar-refractivity contribution in [2.45, 2.75) is 0 Å². The number of rotatable bonds is 3. The number of nitrogens with one attached hydrogen (secondary N) is 2. The molecule has 3 N–H and O–H groups in total. The van der Waals surface area contributed by atoms with Crippen molar-refractivity contribution in [2.75, 3.05) is 5.32 Å². The summed E-state index contributed by atoms with van der Waals surface area (Å²) in [4.78, 5) is 24.5. The standard InChI is InChI=1S/C11H7Cl2N3O4/c12-5-4-6(14-10(5)13)11(18)15-9-7(16(19)20)2-1-3-8(9)17/h1-4,14,17H,(H,15,18). The molecule has 9 heteroatoms. The lowest BCUT2D eigenvalue weighted by Gasteiger charge is -2.06. The molecule has 7 nitrogen and oxygen atoms in total. The highest BCUT2D eigenvalue weighted by Gasteiger charge is 2.21. The third-order valence-corrected chi connectivity index (χ3v) is 3.12. The first kappa shape index (κ1) is 14.2. The molecule has 1 aromatic heterocycles. The number of aromatic nitrogens is 1. The van der Waals surface area contributed by atoms with Gasteiger partial charge in [0, 0.05) is 6.07 Å². The van der Waals surface area contributed by atoms with Gasteiger partial charge in [-0.05, 0) is 12.1 Å². The number of H-pyrrole nitrogens is 1. The first-order valence-corrected chi connectivity index (χ1v) is 5.97. The first-order valence-electron chi connectivity index (χ1n) is 5.22. The van der Waals surface area contributed by atoms with Crippen LogP contribution in [0.3, 0.4) is 0 Å². The molecule has 0 atom stereocenters. The second kappa shape index (κ2) is 5.40. The number of aromatic amines is 1. The van der Waals surface area contributed by atoms with Crippen molar-refractivity contribution >= 4 is 40.5 Å². The van der Waals surface area contributed by atoms with Gasteiger partial charge in [-0.2, -0.15) is 0 Å². The van der Waals surface area contributed by atoms with E-state index in [2.05, 4.69) is 10.3 Å². The van der Waals surface area contributed by atoms with E-state index in [0.29, 0.717) is 0 Å². The summed E-state index contributed by atoms with van der Waals surface area (Å²) >= 11 is 11.4. The zero-order valence-electron chi connectivity index (χ0n) is 9.68. The van der Waals surface area contributed by atoms with Gasteiger partial charge in [-0.15, -0.1) is 0 Å². The van der Waals surface area contributed by atoms with Crippen LogP contribution >= 0.6 is 23.2 Å². The lowest BCUT2D eigenvalue weighted by molar-refractivity contribution is -0.384. The van der Waals surface area contributed by atoms with Crippen LogP contribution in [0.25, 0.3) is 0 Å². The summed E-state index contributed by atoms with van der Waals surface area (Å²) in [5.41, 5.74) is -0.719. The van der Waals surface area contributed by atoms with E-state index in [1.807, 2.05) is 0 Å². The zero-order valence-corrected chi connectivity index (χ0v) is 11.2. The number of carbonyl (C=O) groups excluding carboxylic acids is 1. The number of anilines is 1. The maximum atomic E-state index is 11.9. The first-order chi connectivity index (χ1) is 9.40. The van der Waals surface area contributed by atoms with Crippen LogP contribution in [0, 0.1) is 10.1 Å². The van der Waals surface area contributed by atoms with Crippen molar-refractivity contribution in [1.29, 1.82) is 0 Å². The monoisotopic (exact) mass is 315 g/mol. The highest BCUT2D eigenvalue weighted by atomic mass is 35.5. The number of phenolic OH excluding ortho intramolecular Hbond substituents is 1. The Bertz CT molecular complexity index is 679. The number of benzene rings is 1. The third kappa shape index (κ3) is 2.68. The smallest absolute Gasteiger partial charge is 0.296 e. The Labute approximate surface area is 122 Å². The number of hydrogen-bond acceptors (Lipinski definition) is 4. The Morgan fingerprint density at radius 1 is 1.40 bits per heavy atom. The predicted molar refractivity (Wildman–Crippen MR) is 73.5 cm³/mol. The molecule has 2 rings (SSSR count). The van der Waals surface area contributed by atoms with Gasteiger partial charge in [0.1, 0.15) is 16.6 Å². The molecule has 0 spiro atoms. The molecule has 0 fully saturated rings. The summed E-state index contributed by atoms with van der Waals surface area (Å²) in [7, 11) is 0. The fourth-order valence-electron chi connectivity index (χ4n) is 1.52. The van der Waals surface area contributed by atoms with Crippen LogP contribution in [0.15, 0.2) is 24.3 Å². The number of amides is 1. The van der Waals surface area contributed by atoms with Crippen LogP contribution in [-0.2, 0) is 0 Å². The lowest BCUT2D eigenvalue weighted by atomic mass is 10.2. The Morgan fingerprint density at radius 2 is 2.10 bits per heavy atom. The Morgan fingerprint density at radius 3 is 2.65 bits per heavy atom. The Balaban J connectivity index is 2.35. The molecule has 0 aliphatic carbocycles. The maximum absolute atomic E-state index is 11.9. The molecule has 2 aromatic rings. The zero-order chi connectivity index (χ0) is 14.9. The molecule has 0 saturated heterocycles. The van der Waals surface area contributed by atoms with Crippen LogP contribution in [-0.4, -0.2) is 20.9 Å². The number of nitrogens with zero attached hydrogens (tertiary/aromatic N) is 1. The van der Waals surface area contributed by atoms with Crippen molar-refractivity contribution in [3.63, 3.8) is 0 Å². The molecule has 20 heavy (non-hydrogen) atoms. The minimum Gasteiger partial charge on any atom is -0.505 e. The number of aromatic hydroxyl groups is 1. The molecule has 0 unspecified atom stereocenters. The highest BCUT2D eigenvalue weighted by molar-refractivity contribution is 6.41. The van der Waals surface area contributed by atoms with Crippen LogP contribution in [0.5, 0.6) is 5.75 Å². The maximum Gasteiger partial charge on any atom is 0.296 e. The van der Waals surface area contributed by atoms with E-state index in [0.717, 1.165) is 6.07 Å². The second-order valence-electron chi connectivity index (χ2n) is 3.73. The molecule has 1 aromatic carbocycles. The normalized spacial score (nSPS) is 10.3. The molecule has 1 heterocycles. The number of para-hydroxylation sites is 1. The van der Waals surface area contributed by atoms with E-state index >= 15 is 0 Å². The molecule has 0 radical (unpaired) electrons. The van der Waals surface area contributed by atoms with Crippen molar-refractivity contribution in [3.8, 4) is 5.75 Å². The Kier molecular flexibility index (Phi) is 3.82. The molecule has 0 saturated carbocycles. The number of hydrogen-bond donors (Lipinski definition) is 3.